The third kappa shape index (κ3) is 5.75. The molecule has 0 aromatic heterocycles. The van der Waals surface area contributed by atoms with E-state index in [9.17, 15) is 4.79 Å². The molecule has 0 amide bonds. The predicted octanol–water partition coefficient (Wildman–Crippen LogP) is 3.39. The van der Waals surface area contributed by atoms with Crippen molar-refractivity contribution in [1.82, 2.24) is 5.32 Å². The van der Waals surface area contributed by atoms with Gasteiger partial charge in [-0.15, -0.1) is 0 Å². The monoisotopic (exact) mass is 312 g/mol. The minimum Gasteiger partial charge on any atom is -0.478 e. The number of carboxylic acid groups (broad SMARTS) is 1. The third-order valence-electron chi connectivity index (χ3n) is 3.82. The highest BCUT2D eigenvalue weighted by atomic mass is 16.4. The van der Waals surface area contributed by atoms with Crippen LogP contribution in [0.15, 0.2) is 54.6 Å². The predicted molar refractivity (Wildman–Crippen MR) is 94.1 cm³/mol. The maximum Gasteiger partial charge on any atom is 0.335 e. The number of anilines is 1. The second-order valence-electron chi connectivity index (χ2n) is 5.64. The van der Waals surface area contributed by atoms with Gasteiger partial charge in [0, 0.05) is 25.8 Å². The largest absolute Gasteiger partial charge is 0.478 e. The van der Waals surface area contributed by atoms with Gasteiger partial charge in [-0.05, 0) is 49.2 Å². The molecular weight excluding hydrogens is 288 g/mol. The summed E-state index contributed by atoms with van der Waals surface area (Å²) in [4.78, 5) is 13.1. The molecule has 0 aliphatic carbocycles. The number of hydrogen-bond acceptors (Lipinski definition) is 3. The standard InChI is InChI=1S/C19H24N2O2/c1-21(18-7-3-2-4-8-18)14-6-5-13-20-15-16-9-11-17(12-10-16)19(22)23/h2-4,7-12,20H,5-6,13-15H2,1H3,(H,22,23). The molecule has 0 saturated heterocycles. The summed E-state index contributed by atoms with van der Waals surface area (Å²) >= 11 is 0. The van der Waals surface area contributed by atoms with Crippen LogP contribution in [0.25, 0.3) is 0 Å². The molecule has 2 aromatic carbocycles. The second-order valence-corrected chi connectivity index (χ2v) is 5.64. The molecule has 0 spiro atoms. The van der Waals surface area contributed by atoms with Crippen molar-refractivity contribution in [2.45, 2.75) is 19.4 Å². The van der Waals surface area contributed by atoms with Crippen LogP contribution in [-0.2, 0) is 6.54 Å². The number of benzene rings is 2. The summed E-state index contributed by atoms with van der Waals surface area (Å²) in [6.45, 7) is 2.77. The first-order valence-corrected chi connectivity index (χ1v) is 7.96. The van der Waals surface area contributed by atoms with Gasteiger partial charge in [0.15, 0.2) is 0 Å². The number of aromatic carboxylic acids is 1. The number of carboxylic acids is 1. The lowest BCUT2D eigenvalue weighted by atomic mass is 10.1. The highest BCUT2D eigenvalue weighted by Gasteiger charge is 2.02. The Kier molecular flexibility index (Phi) is 6.63. The summed E-state index contributed by atoms with van der Waals surface area (Å²) in [6, 6.07) is 17.4. The van der Waals surface area contributed by atoms with Gasteiger partial charge in [-0.1, -0.05) is 30.3 Å². The Bertz CT molecular complexity index is 597. The number of nitrogens with zero attached hydrogens (tertiary/aromatic N) is 1. The van der Waals surface area contributed by atoms with Crippen LogP contribution in [0.1, 0.15) is 28.8 Å². The Morgan fingerprint density at radius 3 is 2.39 bits per heavy atom. The lowest BCUT2D eigenvalue weighted by Gasteiger charge is -2.19. The van der Waals surface area contributed by atoms with E-state index in [2.05, 4.69) is 41.5 Å². The van der Waals surface area contributed by atoms with Gasteiger partial charge in [0.1, 0.15) is 0 Å². The van der Waals surface area contributed by atoms with Crippen molar-refractivity contribution in [2.24, 2.45) is 0 Å². The van der Waals surface area contributed by atoms with Crippen LogP contribution >= 0.6 is 0 Å². The van der Waals surface area contributed by atoms with Crippen molar-refractivity contribution in [3.63, 3.8) is 0 Å². The Balaban J connectivity index is 1.60. The van der Waals surface area contributed by atoms with E-state index in [-0.39, 0.29) is 0 Å². The third-order valence-corrected chi connectivity index (χ3v) is 3.82. The molecule has 23 heavy (non-hydrogen) atoms. The van der Waals surface area contributed by atoms with E-state index in [0.717, 1.165) is 38.0 Å². The Morgan fingerprint density at radius 2 is 1.74 bits per heavy atom. The Labute approximate surface area is 137 Å². The van der Waals surface area contributed by atoms with E-state index in [1.807, 2.05) is 18.2 Å². The summed E-state index contributed by atoms with van der Waals surface area (Å²) in [5.41, 5.74) is 2.69. The van der Waals surface area contributed by atoms with Crippen molar-refractivity contribution in [2.75, 3.05) is 25.0 Å². The van der Waals surface area contributed by atoms with Gasteiger partial charge in [-0.25, -0.2) is 4.79 Å². The molecule has 0 heterocycles. The van der Waals surface area contributed by atoms with Crippen molar-refractivity contribution >= 4 is 11.7 Å². The first-order chi connectivity index (χ1) is 11.2. The quantitative estimate of drug-likeness (QED) is 0.697. The molecule has 0 fully saturated rings. The number of para-hydroxylation sites is 1. The van der Waals surface area contributed by atoms with Gasteiger partial charge in [-0.2, -0.15) is 0 Å². The van der Waals surface area contributed by atoms with Crippen LogP contribution in [0, 0.1) is 0 Å². The summed E-state index contributed by atoms with van der Waals surface area (Å²) in [5.74, 6) is -0.882. The van der Waals surface area contributed by atoms with Crippen LogP contribution < -0.4 is 10.2 Å². The number of carbonyl (C=O) groups is 1. The number of nitrogens with one attached hydrogen (secondary N) is 1. The SMILES string of the molecule is CN(CCCCNCc1ccc(C(=O)O)cc1)c1ccccc1. The van der Waals surface area contributed by atoms with Crippen LogP contribution in [0.4, 0.5) is 5.69 Å². The Hall–Kier alpha value is -2.33. The van der Waals surface area contributed by atoms with E-state index in [0.29, 0.717) is 5.56 Å². The highest BCUT2D eigenvalue weighted by Crippen LogP contribution is 2.11. The van der Waals surface area contributed by atoms with Crippen molar-refractivity contribution in [3.05, 3.63) is 65.7 Å². The van der Waals surface area contributed by atoms with E-state index in [1.54, 1.807) is 12.1 Å². The number of hydrogen-bond donors (Lipinski definition) is 2. The fraction of sp³-hybridized carbons (Fsp3) is 0.316. The zero-order valence-electron chi connectivity index (χ0n) is 13.5. The molecule has 0 aliphatic rings. The van der Waals surface area contributed by atoms with Crippen LogP contribution in [-0.4, -0.2) is 31.2 Å². The molecule has 4 heteroatoms. The molecule has 0 bridgehead atoms. The molecule has 0 radical (unpaired) electrons. The summed E-state index contributed by atoms with van der Waals surface area (Å²) in [5, 5.41) is 12.3. The molecule has 2 rings (SSSR count). The van der Waals surface area contributed by atoms with Crippen molar-refractivity contribution < 1.29 is 9.90 Å². The molecule has 2 N–H and O–H groups in total. The fourth-order valence-electron chi connectivity index (χ4n) is 2.41. The second kappa shape index (κ2) is 8.96. The van der Waals surface area contributed by atoms with Crippen molar-refractivity contribution in [3.8, 4) is 0 Å². The topological polar surface area (TPSA) is 52.6 Å². The average Bonchev–Trinajstić information content (AvgIpc) is 2.59. The number of rotatable bonds is 9. The van der Waals surface area contributed by atoms with Crippen LogP contribution in [0.3, 0.4) is 0 Å². The minimum atomic E-state index is -0.882. The van der Waals surface area contributed by atoms with Gasteiger partial charge >= 0.3 is 5.97 Å². The van der Waals surface area contributed by atoms with Crippen molar-refractivity contribution in [1.29, 1.82) is 0 Å². The lowest BCUT2D eigenvalue weighted by Crippen LogP contribution is -2.20. The molecular formula is C19H24N2O2. The maximum atomic E-state index is 10.8. The van der Waals surface area contributed by atoms with E-state index < -0.39 is 5.97 Å². The smallest absolute Gasteiger partial charge is 0.335 e. The molecule has 2 aromatic rings. The fourth-order valence-corrected chi connectivity index (χ4v) is 2.41. The molecule has 0 atom stereocenters. The van der Waals surface area contributed by atoms with E-state index in [1.165, 1.54) is 5.69 Å². The van der Waals surface area contributed by atoms with Gasteiger partial charge in [0.25, 0.3) is 0 Å². The normalized spacial score (nSPS) is 10.5. The molecule has 122 valence electrons. The summed E-state index contributed by atoms with van der Waals surface area (Å²) in [7, 11) is 2.12. The van der Waals surface area contributed by atoms with Crippen LogP contribution in [0.5, 0.6) is 0 Å². The lowest BCUT2D eigenvalue weighted by molar-refractivity contribution is 0.0697. The number of unbranched alkanes of at least 4 members (excludes halogenated alkanes) is 1. The molecule has 0 aliphatic heterocycles. The first-order valence-electron chi connectivity index (χ1n) is 7.96. The van der Waals surface area contributed by atoms with Gasteiger partial charge < -0.3 is 15.3 Å². The zero-order chi connectivity index (χ0) is 16.5. The first kappa shape index (κ1) is 17.0. The van der Waals surface area contributed by atoms with E-state index in [4.69, 9.17) is 5.11 Å². The Morgan fingerprint density at radius 1 is 1.04 bits per heavy atom. The van der Waals surface area contributed by atoms with Gasteiger partial charge in [0.05, 0.1) is 5.56 Å². The van der Waals surface area contributed by atoms with Crippen LogP contribution in [0.2, 0.25) is 0 Å². The van der Waals surface area contributed by atoms with E-state index >= 15 is 0 Å². The molecule has 4 nitrogen and oxygen atoms in total. The highest BCUT2D eigenvalue weighted by molar-refractivity contribution is 5.87. The average molecular weight is 312 g/mol. The molecule has 0 unspecified atom stereocenters. The summed E-state index contributed by atoms with van der Waals surface area (Å²) < 4.78 is 0. The van der Waals surface area contributed by atoms with Gasteiger partial charge in [0.2, 0.25) is 0 Å². The van der Waals surface area contributed by atoms with Gasteiger partial charge in [-0.3, -0.25) is 0 Å². The molecule has 0 saturated carbocycles. The maximum absolute atomic E-state index is 10.8. The minimum absolute atomic E-state index is 0.331. The summed E-state index contributed by atoms with van der Waals surface area (Å²) in [6.07, 6.45) is 2.25. The zero-order valence-corrected chi connectivity index (χ0v) is 13.5.